The highest BCUT2D eigenvalue weighted by Crippen LogP contribution is 2.24. The van der Waals surface area contributed by atoms with Crippen LogP contribution < -0.4 is 0 Å². The van der Waals surface area contributed by atoms with Crippen molar-refractivity contribution in [3.63, 3.8) is 0 Å². The summed E-state index contributed by atoms with van der Waals surface area (Å²) < 4.78 is 7.32. The monoisotopic (exact) mass is 257 g/mol. The van der Waals surface area contributed by atoms with E-state index in [-0.39, 0.29) is 0 Å². The number of benzene rings is 1. The van der Waals surface area contributed by atoms with Gasteiger partial charge in [-0.3, -0.25) is 0 Å². The van der Waals surface area contributed by atoms with Gasteiger partial charge < -0.3 is 9.52 Å². The molecule has 0 saturated heterocycles. The van der Waals surface area contributed by atoms with Crippen LogP contribution in [0.15, 0.2) is 34.7 Å². The molecular weight excluding hydrogens is 242 g/mol. The quantitative estimate of drug-likeness (QED) is 0.782. The Hall–Kier alpha value is -2.14. The van der Waals surface area contributed by atoms with Gasteiger partial charge in [0.05, 0.1) is 6.54 Å². The fraction of sp³-hybridized carbons (Fsp3) is 0.286. The zero-order chi connectivity index (χ0) is 13.4. The molecule has 0 aliphatic rings. The van der Waals surface area contributed by atoms with Crippen molar-refractivity contribution in [1.29, 1.82) is 0 Å². The van der Waals surface area contributed by atoms with E-state index in [0.29, 0.717) is 18.1 Å². The van der Waals surface area contributed by atoms with Gasteiger partial charge in [-0.1, -0.05) is 18.2 Å². The topological polar surface area (TPSA) is 64.1 Å². The van der Waals surface area contributed by atoms with Gasteiger partial charge in [0.25, 0.3) is 0 Å². The zero-order valence-corrected chi connectivity index (χ0v) is 10.9. The number of para-hydroxylation sites is 1. The standard InChI is InChI=1S/C14H15N3O2/c1-9-15-10(2)17(16-9)8-12(18)14-7-11-5-3-4-6-13(11)19-14/h3-7,12,18H,8H2,1-2H3. The molecule has 0 aliphatic heterocycles. The first-order chi connectivity index (χ1) is 9.13. The number of nitrogens with zero attached hydrogens (tertiary/aromatic N) is 3. The highest BCUT2D eigenvalue weighted by Gasteiger charge is 2.16. The van der Waals surface area contributed by atoms with E-state index < -0.39 is 6.10 Å². The van der Waals surface area contributed by atoms with Gasteiger partial charge in [0, 0.05) is 5.39 Å². The molecule has 5 heteroatoms. The lowest BCUT2D eigenvalue weighted by Crippen LogP contribution is -2.11. The van der Waals surface area contributed by atoms with Crippen molar-refractivity contribution < 1.29 is 9.52 Å². The van der Waals surface area contributed by atoms with Gasteiger partial charge in [-0.05, 0) is 26.0 Å². The second-order valence-corrected chi connectivity index (χ2v) is 4.59. The summed E-state index contributed by atoms with van der Waals surface area (Å²) in [6.07, 6.45) is -0.729. The van der Waals surface area contributed by atoms with Gasteiger partial charge in [-0.2, -0.15) is 5.10 Å². The molecule has 2 heterocycles. The summed E-state index contributed by atoms with van der Waals surface area (Å²) in [6.45, 7) is 4.04. The molecule has 1 N–H and O–H groups in total. The number of rotatable bonds is 3. The predicted octanol–water partition coefficient (Wildman–Crippen LogP) is 2.37. The Morgan fingerprint density at radius 1 is 1.32 bits per heavy atom. The Morgan fingerprint density at radius 2 is 2.11 bits per heavy atom. The van der Waals surface area contributed by atoms with Crippen LogP contribution >= 0.6 is 0 Å². The van der Waals surface area contributed by atoms with Gasteiger partial charge in [-0.25, -0.2) is 9.67 Å². The van der Waals surface area contributed by atoms with E-state index >= 15 is 0 Å². The number of aromatic nitrogens is 3. The van der Waals surface area contributed by atoms with Crippen LogP contribution in [0.3, 0.4) is 0 Å². The zero-order valence-electron chi connectivity index (χ0n) is 10.9. The summed E-state index contributed by atoms with van der Waals surface area (Å²) in [4.78, 5) is 4.21. The summed E-state index contributed by atoms with van der Waals surface area (Å²) in [5, 5.41) is 15.4. The van der Waals surface area contributed by atoms with E-state index in [9.17, 15) is 5.11 Å². The molecule has 5 nitrogen and oxygen atoms in total. The van der Waals surface area contributed by atoms with Crippen molar-refractivity contribution in [3.8, 4) is 0 Å². The number of furan rings is 1. The molecule has 0 fully saturated rings. The van der Waals surface area contributed by atoms with Gasteiger partial charge >= 0.3 is 0 Å². The van der Waals surface area contributed by atoms with Gasteiger partial charge in [0.2, 0.25) is 0 Å². The lowest BCUT2D eigenvalue weighted by atomic mass is 10.2. The lowest BCUT2D eigenvalue weighted by molar-refractivity contribution is 0.127. The van der Waals surface area contributed by atoms with E-state index in [1.165, 1.54) is 0 Å². The Morgan fingerprint density at radius 3 is 2.79 bits per heavy atom. The van der Waals surface area contributed by atoms with Crippen LogP contribution in [-0.4, -0.2) is 19.9 Å². The number of aliphatic hydroxyl groups is 1. The minimum absolute atomic E-state index is 0.340. The summed E-state index contributed by atoms with van der Waals surface area (Å²) >= 11 is 0. The Labute approximate surface area is 110 Å². The van der Waals surface area contributed by atoms with Gasteiger partial charge in [0.15, 0.2) is 0 Å². The van der Waals surface area contributed by atoms with E-state index in [4.69, 9.17) is 4.42 Å². The van der Waals surface area contributed by atoms with Crippen molar-refractivity contribution in [2.24, 2.45) is 0 Å². The fourth-order valence-corrected chi connectivity index (χ4v) is 2.15. The van der Waals surface area contributed by atoms with Crippen molar-refractivity contribution in [2.45, 2.75) is 26.5 Å². The van der Waals surface area contributed by atoms with Crippen LogP contribution in [0, 0.1) is 13.8 Å². The molecule has 0 amide bonds. The van der Waals surface area contributed by atoms with E-state index in [1.807, 2.05) is 44.2 Å². The summed E-state index contributed by atoms with van der Waals surface area (Å²) in [7, 11) is 0. The minimum atomic E-state index is -0.729. The molecule has 1 unspecified atom stereocenters. The Kier molecular flexibility index (Phi) is 2.83. The third kappa shape index (κ3) is 2.24. The van der Waals surface area contributed by atoms with Crippen molar-refractivity contribution in [3.05, 3.63) is 47.7 Å². The SMILES string of the molecule is Cc1nc(C)n(CC(O)c2cc3ccccc3o2)n1. The van der Waals surface area contributed by atoms with Crippen LogP contribution in [0.5, 0.6) is 0 Å². The second-order valence-electron chi connectivity index (χ2n) is 4.59. The number of hydrogen-bond donors (Lipinski definition) is 1. The lowest BCUT2D eigenvalue weighted by Gasteiger charge is -2.08. The smallest absolute Gasteiger partial charge is 0.147 e. The third-order valence-corrected chi connectivity index (χ3v) is 3.08. The molecule has 98 valence electrons. The van der Waals surface area contributed by atoms with E-state index in [1.54, 1.807) is 4.68 Å². The first kappa shape index (κ1) is 11.9. The number of hydrogen-bond acceptors (Lipinski definition) is 4. The molecule has 1 atom stereocenters. The molecule has 1 aromatic carbocycles. The molecular formula is C14H15N3O2. The first-order valence-corrected chi connectivity index (χ1v) is 6.18. The van der Waals surface area contributed by atoms with Crippen molar-refractivity contribution in [1.82, 2.24) is 14.8 Å². The number of fused-ring (bicyclic) bond motifs is 1. The van der Waals surface area contributed by atoms with Crippen LogP contribution in [0.2, 0.25) is 0 Å². The molecule has 2 aromatic heterocycles. The fourth-order valence-electron chi connectivity index (χ4n) is 2.15. The minimum Gasteiger partial charge on any atom is -0.458 e. The summed E-state index contributed by atoms with van der Waals surface area (Å²) in [5.41, 5.74) is 0.781. The molecule has 0 aliphatic carbocycles. The van der Waals surface area contributed by atoms with Crippen LogP contribution in [0.25, 0.3) is 11.0 Å². The third-order valence-electron chi connectivity index (χ3n) is 3.08. The molecule has 0 bridgehead atoms. The predicted molar refractivity (Wildman–Crippen MR) is 70.7 cm³/mol. The molecule has 3 rings (SSSR count). The summed E-state index contributed by atoms with van der Waals surface area (Å²) in [6, 6.07) is 9.56. The molecule has 0 spiro atoms. The highest BCUT2D eigenvalue weighted by molar-refractivity contribution is 5.77. The average molecular weight is 257 g/mol. The van der Waals surface area contributed by atoms with E-state index in [0.717, 1.165) is 16.8 Å². The number of aliphatic hydroxyl groups excluding tert-OH is 1. The maximum absolute atomic E-state index is 10.2. The van der Waals surface area contributed by atoms with Gasteiger partial charge in [0.1, 0.15) is 29.1 Å². The Bertz CT molecular complexity index is 681. The average Bonchev–Trinajstić information content (AvgIpc) is 2.93. The van der Waals surface area contributed by atoms with Crippen LogP contribution in [0.1, 0.15) is 23.5 Å². The van der Waals surface area contributed by atoms with Crippen LogP contribution in [-0.2, 0) is 6.54 Å². The molecule has 0 radical (unpaired) electrons. The summed E-state index contributed by atoms with van der Waals surface area (Å²) in [5.74, 6) is 2.04. The molecule has 0 saturated carbocycles. The largest absolute Gasteiger partial charge is 0.458 e. The number of aryl methyl sites for hydroxylation is 2. The normalized spacial score (nSPS) is 13.0. The van der Waals surface area contributed by atoms with Crippen LogP contribution in [0.4, 0.5) is 0 Å². The molecule has 19 heavy (non-hydrogen) atoms. The van der Waals surface area contributed by atoms with Crippen molar-refractivity contribution in [2.75, 3.05) is 0 Å². The first-order valence-electron chi connectivity index (χ1n) is 6.18. The van der Waals surface area contributed by atoms with Gasteiger partial charge in [-0.15, -0.1) is 0 Å². The van der Waals surface area contributed by atoms with E-state index in [2.05, 4.69) is 10.1 Å². The second kappa shape index (κ2) is 4.51. The maximum atomic E-state index is 10.2. The highest BCUT2D eigenvalue weighted by atomic mass is 16.4. The van der Waals surface area contributed by atoms with Crippen molar-refractivity contribution >= 4 is 11.0 Å². The maximum Gasteiger partial charge on any atom is 0.147 e. The molecule has 3 aromatic rings. The Balaban J connectivity index is 1.87.